The minimum atomic E-state index is -0.561. The van der Waals surface area contributed by atoms with Crippen molar-refractivity contribution in [2.75, 3.05) is 0 Å². The normalized spacial score (nSPS) is 9.94. The molecule has 0 saturated heterocycles. The second-order valence-corrected chi connectivity index (χ2v) is 3.00. The first-order chi connectivity index (χ1) is 7.67. The molecule has 0 aromatic heterocycles. The van der Waals surface area contributed by atoms with Crippen molar-refractivity contribution in [3.63, 3.8) is 0 Å². The summed E-state index contributed by atoms with van der Waals surface area (Å²) in [5.41, 5.74) is 0.638. The lowest BCUT2D eigenvalue weighted by molar-refractivity contribution is -0.384. The van der Waals surface area contributed by atoms with Gasteiger partial charge in [0, 0.05) is 17.7 Å². The summed E-state index contributed by atoms with van der Waals surface area (Å²) >= 11 is 0. The van der Waals surface area contributed by atoms with Crippen LogP contribution in [0.1, 0.15) is 22.3 Å². The third kappa shape index (κ3) is 3.03. The number of nitro groups is 1. The molecule has 0 fully saturated rings. The Morgan fingerprint density at radius 2 is 2.06 bits per heavy atom. The van der Waals surface area contributed by atoms with Crippen molar-refractivity contribution in [2.45, 2.75) is 6.42 Å². The summed E-state index contributed by atoms with van der Waals surface area (Å²) < 4.78 is 0. The molecule has 1 aromatic rings. The Hall–Kier alpha value is -2.48. The number of carbonyl (C=O) groups excluding carboxylic acids is 1. The molecule has 0 aliphatic rings. The summed E-state index contributed by atoms with van der Waals surface area (Å²) in [6.45, 7) is 0. The van der Waals surface area contributed by atoms with Crippen molar-refractivity contribution in [3.05, 3.63) is 45.5 Å². The largest absolute Gasteiger partial charge is 0.298 e. The van der Waals surface area contributed by atoms with Gasteiger partial charge in [-0.25, -0.2) is 0 Å². The van der Waals surface area contributed by atoms with Crippen LogP contribution in [0.4, 0.5) is 5.69 Å². The summed E-state index contributed by atoms with van der Waals surface area (Å²) in [5.74, 6) is 0. The first-order valence-electron chi connectivity index (χ1n) is 4.45. The van der Waals surface area contributed by atoms with E-state index in [1.807, 2.05) is 6.07 Å². The highest BCUT2D eigenvalue weighted by molar-refractivity contribution is 5.78. The van der Waals surface area contributed by atoms with Gasteiger partial charge < -0.3 is 0 Å². The fourth-order valence-electron chi connectivity index (χ4n) is 1.18. The first kappa shape index (κ1) is 11.6. The molecule has 80 valence electrons. The summed E-state index contributed by atoms with van der Waals surface area (Å²) in [6.07, 6.45) is 3.92. The van der Waals surface area contributed by atoms with Crippen LogP contribution in [0.15, 0.2) is 24.3 Å². The zero-order chi connectivity index (χ0) is 12.0. The molecule has 5 nitrogen and oxygen atoms in total. The Kier molecular flexibility index (Phi) is 3.92. The van der Waals surface area contributed by atoms with Crippen LogP contribution in [0.3, 0.4) is 0 Å². The molecule has 0 spiro atoms. The molecule has 1 rings (SSSR count). The van der Waals surface area contributed by atoms with Gasteiger partial charge in [0.25, 0.3) is 5.69 Å². The number of nitro benzene ring substituents is 1. The molecule has 0 radical (unpaired) electrons. The third-order valence-corrected chi connectivity index (χ3v) is 1.83. The van der Waals surface area contributed by atoms with Crippen LogP contribution in [0, 0.1) is 21.4 Å². The molecule has 0 aliphatic heterocycles. The Balaban J connectivity index is 3.10. The Labute approximate surface area is 91.8 Å². The third-order valence-electron chi connectivity index (χ3n) is 1.83. The zero-order valence-electron chi connectivity index (χ0n) is 8.29. The van der Waals surface area contributed by atoms with Gasteiger partial charge in [-0.2, -0.15) is 5.26 Å². The summed E-state index contributed by atoms with van der Waals surface area (Å²) in [4.78, 5) is 20.6. The van der Waals surface area contributed by atoms with E-state index >= 15 is 0 Å². The van der Waals surface area contributed by atoms with Crippen LogP contribution < -0.4 is 0 Å². The van der Waals surface area contributed by atoms with E-state index in [1.165, 1.54) is 18.2 Å². The number of nitriles is 1. The molecule has 1 aromatic carbocycles. The van der Waals surface area contributed by atoms with E-state index in [2.05, 4.69) is 0 Å². The van der Waals surface area contributed by atoms with Gasteiger partial charge in [-0.15, -0.1) is 0 Å². The van der Waals surface area contributed by atoms with Crippen LogP contribution in [-0.2, 0) is 0 Å². The molecule has 5 heteroatoms. The molecular weight excluding hydrogens is 208 g/mol. The average molecular weight is 216 g/mol. The van der Waals surface area contributed by atoms with E-state index in [9.17, 15) is 14.9 Å². The van der Waals surface area contributed by atoms with Crippen molar-refractivity contribution in [1.82, 2.24) is 0 Å². The molecular formula is C11H8N2O3. The van der Waals surface area contributed by atoms with Gasteiger partial charge in [0.15, 0.2) is 0 Å². The summed E-state index contributed by atoms with van der Waals surface area (Å²) in [5, 5.41) is 18.9. The fraction of sp³-hybridized carbons (Fsp3) is 0.0909. The van der Waals surface area contributed by atoms with Gasteiger partial charge in [-0.1, -0.05) is 12.2 Å². The molecule has 0 aliphatic carbocycles. The van der Waals surface area contributed by atoms with Crippen LogP contribution in [0.25, 0.3) is 6.08 Å². The van der Waals surface area contributed by atoms with E-state index in [4.69, 9.17) is 5.26 Å². The maximum absolute atomic E-state index is 10.6. The predicted molar refractivity (Wildman–Crippen MR) is 57.7 cm³/mol. The molecule has 0 heterocycles. The predicted octanol–water partition coefficient (Wildman–Crippen LogP) is 2.33. The first-order valence-corrected chi connectivity index (χ1v) is 4.45. The van der Waals surface area contributed by atoms with Crippen LogP contribution in [0.2, 0.25) is 0 Å². The number of hydrogen-bond donors (Lipinski definition) is 0. The van der Waals surface area contributed by atoms with Crippen LogP contribution in [-0.4, -0.2) is 11.2 Å². The van der Waals surface area contributed by atoms with Gasteiger partial charge in [0.2, 0.25) is 0 Å². The molecule has 0 bridgehead atoms. The van der Waals surface area contributed by atoms with E-state index in [-0.39, 0.29) is 17.7 Å². The maximum Gasteiger partial charge on any atom is 0.270 e. The zero-order valence-corrected chi connectivity index (χ0v) is 8.29. The number of non-ortho nitro benzene ring substituents is 1. The van der Waals surface area contributed by atoms with E-state index < -0.39 is 4.92 Å². The van der Waals surface area contributed by atoms with E-state index in [0.29, 0.717) is 11.8 Å². The Bertz CT molecular complexity index is 486. The molecule has 0 amide bonds. The smallest absolute Gasteiger partial charge is 0.270 e. The lowest BCUT2D eigenvalue weighted by atomic mass is 10.1. The van der Waals surface area contributed by atoms with Crippen molar-refractivity contribution in [2.24, 2.45) is 0 Å². The Morgan fingerprint density at radius 3 is 2.62 bits per heavy atom. The number of nitrogens with zero attached hydrogens (tertiary/aromatic N) is 2. The van der Waals surface area contributed by atoms with Crippen LogP contribution in [0.5, 0.6) is 0 Å². The number of allylic oxidation sites excluding steroid dienone is 1. The number of hydrogen-bond acceptors (Lipinski definition) is 4. The topological polar surface area (TPSA) is 84.0 Å². The van der Waals surface area contributed by atoms with Crippen molar-refractivity contribution in [1.29, 1.82) is 5.26 Å². The number of carbonyl (C=O) groups is 1. The highest BCUT2D eigenvalue weighted by Crippen LogP contribution is 2.17. The number of benzene rings is 1. The highest BCUT2D eigenvalue weighted by Gasteiger charge is 2.07. The quantitative estimate of drug-likeness (QED) is 0.439. The van der Waals surface area contributed by atoms with Gasteiger partial charge in [0.1, 0.15) is 6.29 Å². The minimum absolute atomic E-state index is 0.138. The van der Waals surface area contributed by atoms with E-state index in [1.54, 1.807) is 12.2 Å². The van der Waals surface area contributed by atoms with Crippen LogP contribution >= 0.6 is 0 Å². The van der Waals surface area contributed by atoms with Crippen molar-refractivity contribution < 1.29 is 9.72 Å². The summed E-state index contributed by atoms with van der Waals surface area (Å²) in [7, 11) is 0. The van der Waals surface area contributed by atoms with E-state index in [0.717, 1.165) is 0 Å². The monoisotopic (exact) mass is 216 g/mol. The van der Waals surface area contributed by atoms with Crippen molar-refractivity contribution >= 4 is 18.0 Å². The minimum Gasteiger partial charge on any atom is -0.298 e. The molecule has 0 unspecified atom stereocenters. The van der Waals surface area contributed by atoms with Gasteiger partial charge >= 0.3 is 0 Å². The second kappa shape index (κ2) is 5.41. The average Bonchev–Trinajstić information content (AvgIpc) is 2.29. The second-order valence-electron chi connectivity index (χ2n) is 3.00. The highest BCUT2D eigenvalue weighted by atomic mass is 16.6. The standard InChI is InChI=1S/C11H8N2O3/c12-4-2-1-3-9-5-10(8-14)7-11(6-9)13(15)16/h1,3,5-8H,2H2. The lowest BCUT2D eigenvalue weighted by Gasteiger charge is -1.96. The summed E-state index contributed by atoms with van der Waals surface area (Å²) in [6, 6.07) is 5.99. The molecule has 0 saturated carbocycles. The molecule has 0 atom stereocenters. The van der Waals surface area contributed by atoms with Crippen molar-refractivity contribution in [3.8, 4) is 6.07 Å². The van der Waals surface area contributed by atoms with Gasteiger partial charge in [0.05, 0.1) is 17.4 Å². The fourth-order valence-corrected chi connectivity index (χ4v) is 1.18. The SMILES string of the molecule is N#CCC=Cc1cc(C=O)cc([N+](=O)[O-])c1. The molecule has 16 heavy (non-hydrogen) atoms. The number of rotatable bonds is 4. The Morgan fingerprint density at radius 1 is 1.38 bits per heavy atom. The molecule has 0 N–H and O–H groups in total. The van der Waals surface area contributed by atoms with Gasteiger partial charge in [-0.3, -0.25) is 14.9 Å². The number of aldehydes is 1. The lowest BCUT2D eigenvalue weighted by Crippen LogP contribution is -1.91. The maximum atomic E-state index is 10.6. The van der Waals surface area contributed by atoms with Gasteiger partial charge in [-0.05, 0) is 11.6 Å².